The molecule has 1 saturated carbocycles. The Morgan fingerprint density at radius 3 is 2.38 bits per heavy atom. The van der Waals surface area contributed by atoms with Crippen LogP contribution in [-0.2, 0) is 16.6 Å². The first-order chi connectivity index (χ1) is 11.5. The van der Waals surface area contributed by atoms with Gasteiger partial charge in [-0.15, -0.1) is 0 Å². The van der Waals surface area contributed by atoms with Gasteiger partial charge in [0.1, 0.15) is 0 Å². The number of amides is 1. The first kappa shape index (κ1) is 17.0. The second-order valence-corrected chi connectivity index (χ2v) is 7.86. The zero-order chi connectivity index (χ0) is 17.2. The summed E-state index contributed by atoms with van der Waals surface area (Å²) < 4.78 is 27.2. The summed E-state index contributed by atoms with van der Waals surface area (Å²) >= 11 is 6.02. The second kappa shape index (κ2) is 6.93. The molecule has 2 aromatic carbocycles. The highest BCUT2D eigenvalue weighted by molar-refractivity contribution is 7.89. The van der Waals surface area contributed by atoms with Crippen molar-refractivity contribution in [2.24, 2.45) is 0 Å². The molecule has 0 spiro atoms. The Bertz CT molecular complexity index is 846. The third-order valence-electron chi connectivity index (χ3n) is 3.75. The minimum atomic E-state index is -3.67. The fourth-order valence-corrected chi connectivity index (χ4v) is 3.39. The number of carbonyl (C=O) groups excluding carboxylic acids is 1. The Labute approximate surface area is 146 Å². The molecule has 0 atom stereocenters. The lowest BCUT2D eigenvalue weighted by atomic mass is 10.2. The average molecular weight is 365 g/mol. The van der Waals surface area contributed by atoms with Crippen LogP contribution in [0.15, 0.2) is 53.4 Å². The largest absolute Gasteiger partial charge is 0.349 e. The van der Waals surface area contributed by atoms with Crippen molar-refractivity contribution in [2.45, 2.75) is 30.3 Å². The Balaban J connectivity index is 1.67. The molecule has 0 heterocycles. The molecule has 1 aliphatic carbocycles. The van der Waals surface area contributed by atoms with Crippen LogP contribution in [0.5, 0.6) is 0 Å². The van der Waals surface area contributed by atoms with Gasteiger partial charge in [0.25, 0.3) is 5.91 Å². The van der Waals surface area contributed by atoms with Gasteiger partial charge in [-0.3, -0.25) is 4.79 Å². The highest BCUT2D eigenvalue weighted by atomic mass is 35.5. The molecular formula is C17H17ClN2O3S. The van der Waals surface area contributed by atoms with Gasteiger partial charge in [-0.05, 0) is 48.7 Å². The summed E-state index contributed by atoms with van der Waals surface area (Å²) in [4.78, 5) is 12.0. The summed E-state index contributed by atoms with van der Waals surface area (Å²) in [5, 5.41) is 3.37. The number of carbonyl (C=O) groups is 1. The molecule has 0 saturated heterocycles. The van der Waals surface area contributed by atoms with E-state index in [0.717, 1.165) is 12.8 Å². The Kier molecular flexibility index (Phi) is 4.89. The van der Waals surface area contributed by atoms with E-state index in [9.17, 15) is 13.2 Å². The van der Waals surface area contributed by atoms with Crippen molar-refractivity contribution in [3.8, 4) is 0 Å². The van der Waals surface area contributed by atoms with Crippen molar-refractivity contribution in [1.82, 2.24) is 10.0 Å². The first-order valence-electron chi connectivity index (χ1n) is 7.60. The van der Waals surface area contributed by atoms with Crippen LogP contribution in [0.25, 0.3) is 0 Å². The zero-order valence-electron chi connectivity index (χ0n) is 12.8. The van der Waals surface area contributed by atoms with Gasteiger partial charge in [-0.1, -0.05) is 29.8 Å². The molecule has 3 rings (SSSR count). The smallest absolute Gasteiger partial charge is 0.251 e. The van der Waals surface area contributed by atoms with Gasteiger partial charge in [0, 0.05) is 23.2 Å². The molecule has 7 heteroatoms. The van der Waals surface area contributed by atoms with E-state index in [4.69, 9.17) is 11.6 Å². The molecule has 2 aromatic rings. The number of rotatable bonds is 6. The number of hydrogen-bond donors (Lipinski definition) is 2. The fraction of sp³-hybridized carbons (Fsp3) is 0.235. The predicted molar refractivity (Wildman–Crippen MR) is 92.4 cm³/mol. The Morgan fingerprint density at radius 2 is 1.75 bits per heavy atom. The Morgan fingerprint density at radius 1 is 1.08 bits per heavy atom. The van der Waals surface area contributed by atoms with Crippen LogP contribution in [-0.4, -0.2) is 20.4 Å². The normalized spacial score (nSPS) is 14.4. The van der Waals surface area contributed by atoms with Crippen molar-refractivity contribution in [3.63, 3.8) is 0 Å². The van der Waals surface area contributed by atoms with Crippen molar-refractivity contribution >= 4 is 27.5 Å². The van der Waals surface area contributed by atoms with E-state index in [0.29, 0.717) is 16.1 Å². The summed E-state index contributed by atoms with van der Waals surface area (Å²) in [6.45, 7) is 0.103. The summed E-state index contributed by atoms with van der Waals surface area (Å²) in [7, 11) is -3.67. The third-order valence-corrected chi connectivity index (χ3v) is 5.54. The minimum absolute atomic E-state index is 0.103. The summed E-state index contributed by atoms with van der Waals surface area (Å²) in [6.07, 6.45) is 2.01. The molecule has 0 aromatic heterocycles. The van der Waals surface area contributed by atoms with E-state index in [1.54, 1.807) is 24.3 Å². The van der Waals surface area contributed by atoms with Gasteiger partial charge in [0.15, 0.2) is 0 Å². The van der Waals surface area contributed by atoms with Crippen LogP contribution >= 0.6 is 11.6 Å². The maximum Gasteiger partial charge on any atom is 0.251 e. The summed E-state index contributed by atoms with van der Waals surface area (Å²) in [5.41, 5.74) is 1.15. The molecule has 5 nitrogen and oxygen atoms in total. The average Bonchev–Trinajstić information content (AvgIpc) is 3.38. The first-order valence-corrected chi connectivity index (χ1v) is 9.46. The van der Waals surface area contributed by atoms with Gasteiger partial charge < -0.3 is 5.32 Å². The summed E-state index contributed by atoms with van der Waals surface area (Å²) in [5.74, 6) is -0.175. The zero-order valence-corrected chi connectivity index (χ0v) is 14.4. The van der Waals surface area contributed by atoms with Crippen molar-refractivity contribution in [3.05, 3.63) is 64.7 Å². The van der Waals surface area contributed by atoms with Gasteiger partial charge >= 0.3 is 0 Å². The Hall–Kier alpha value is -1.89. The molecule has 1 fully saturated rings. The number of nitrogens with one attached hydrogen (secondary N) is 2. The highest BCUT2D eigenvalue weighted by Crippen LogP contribution is 2.20. The van der Waals surface area contributed by atoms with Gasteiger partial charge in [-0.2, -0.15) is 0 Å². The van der Waals surface area contributed by atoms with Gasteiger partial charge in [-0.25, -0.2) is 13.1 Å². The van der Waals surface area contributed by atoms with Crippen LogP contribution < -0.4 is 10.0 Å². The van der Waals surface area contributed by atoms with E-state index in [-0.39, 0.29) is 23.4 Å². The number of hydrogen-bond acceptors (Lipinski definition) is 3. The predicted octanol–water partition coefficient (Wildman–Crippen LogP) is 2.71. The molecule has 2 N–H and O–H groups in total. The lowest BCUT2D eigenvalue weighted by Crippen LogP contribution is -2.26. The second-order valence-electron chi connectivity index (χ2n) is 5.69. The van der Waals surface area contributed by atoms with E-state index in [1.165, 1.54) is 24.3 Å². The van der Waals surface area contributed by atoms with Crippen LogP contribution in [0.2, 0.25) is 5.02 Å². The van der Waals surface area contributed by atoms with Crippen molar-refractivity contribution in [2.75, 3.05) is 0 Å². The van der Waals surface area contributed by atoms with Crippen LogP contribution in [0.1, 0.15) is 28.8 Å². The standard InChI is InChI=1S/C17H17ClN2O3S/c18-16-4-2-1-3-13(16)11-19-24(22,23)15-9-5-12(6-10-15)17(21)20-14-7-8-14/h1-6,9-10,14,19H,7-8,11H2,(H,20,21). The van der Waals surface area contributed by atoms with E-state index < -0.39 is 10.0 Å². The number of benzene rings is 2. The molecule has 1 amide bonds. The van der Waals surface area contributed by atoms with Crippen LogP contribution in [0.4, 0.5) is 0 Å². The van der Waals surface area contributed by atoms with Crippen molar-refractivity contribution in [1.29, 1.82) is 0 Å². The monoisotopic (exact) mass is 364 g/mol. The molecule has 0 aliphatic heterocycles. The molecule has 0 unspecified atom stereocenters. The molecular weight excluding hydrogens is 348 g/mol. The third kappa shape index (κ3) is 4.14. The lowest BCUT2D eigenvalue weighted by Gasteiger charge is -2.09. The number of halogens is 1. The van der Waals surface area contributed by atoms with E-state index in [2.05, 4.69) is 10.0 Å². The van der Waals surface area contributed by atoms with E-state index >= 15 is 0 Å². The summed E-state index contributed by atoms with van der Waals surface area (Å²) in [6, 6.07) is 13.2. The maximum absolute atomic E-state index is 12.3. The lowest BCUT2D eigenvalue weighted by molar-refractivity contribution is 0.0951. The van der Waals surface area contributed by atoms with Crippen LogP contribution in [0.3, 0.4) is 0 Å². The van der Waals surface area contributed by atoms with Gasteiger partial charge in [0.05, 0.1) is 4.90 Å². The molecule has 1 aliphatic rings. The maximum atomic E-state index is 12.3. The molecule has 0 bridgehead atoms. The molecule has 24 heavy (non-hydrogen) atoms. The number of sulfonamides is 1. The van der Waals surface area contributed by atoms with E-state index in [1.807, 2.05) is 0 Å². The molecule has 0 radical (unpaired) electrons. The van der Waals surface area contributed by atoms with Crippen molar-refractivity contribution < 1.29 is 13.2 Å². The highest BCUT2D eigenvalue weighted by Gasteiger charge is 2.24. The molecule has 126 valence electrons. The topological polar surface area (TPSA) is 75.3 Å². The minimum Gasteiger partial charge on any atom is -0.349 e. The fourth-order valence-electron chi connectivity index (χ4n) is 2.18. The SMILES string of the molecule is O=C(NC1CC1)c1ccc(S(=O)(=O)NCc2ccccc2Cl)cc1. The quantitative estimate of drug-likeness (QED) is 0.827. The van der Waals surface area contributed by atoms with Gasteiger partial charge in [0.2, 0.25) is 10.0 Å². The van der Waals surface area contributed by atoms with Crippen LogP contribution in [0, 0.1) is 0 Å².